The van der Waals surface area contributed by atoms with Crippen LogP contribution in [-0.2, 0) is 10.4 Å². The highest BCUT2D eigenvalue weighted by molar-refractivity contribution is 6.30. The van der Waals surface area contributed by atoms with Crippen LogP contribution in [0.3, 0.4) is 0 Å². The number of aromatic nitrogens is 5. The second-order valence-electron chi connectivity index (χ2n) is 13.5. The number of pyridine rings is 1. The van der Waals surface area contributed by atoms with E-state index in [1.54, 1.807) is 84.5 Å². The molecule has 2 aromatic carbocycles. The van der Waals surface area contributed by atoms with Crippen molar-refractivity contribution >= 4 is 63.8 Å². The van der Waals surface area contributed by atoms with Crippen LogP contribution in [0.15, 0.2) is 79.4 Å². The summed E-state index contributed by atoms with van der Waals surface area (Å²) in [5.41, 5.74) is 0.860. The summed E-state index contributed by atoms with van der Waals surface area (Å²) in [4.78, 5) is 45.4. The van der Waals surface area contributed by atoms with Crippen molar-refractivity contribution in [1.82, 2.24) is 35.1 Å². The summed E-state index contributed by atoms with van der Waals surface area (Å²) in [5.74, 6) is 0.400. The van der Waals surface area contributed by atoms with Crippen molar-refractivity contribution in [1.29, 1.82) is 0 Å². The number of fused-ring (bicyclic) bond motifs is 1. The lowest BCUT2D eigenvalue weighted by atomic mass is 9.86. The van der Waals surface area contributed by atoms with Crippen molar-refractivity contribution in [2.24, 2.45) is 0 Å². The highest BCUT2D eigenvalue weighted by Crippen LogP contribution is 2.36. The van der Waals surface area contributed by atoms with E-state index in [9.17, 15) is 24.9 Å². The van der Waals surface area contributed by atoms with Gasteiger partial charge in [-0.3, -0.25) is 9.78 Å². The van der Waals surface area contributed by atoms with Crippen LogP contribution in [0, 0.1) is 0 Å². The summed E-state index contributed by atoms with van der Waals surface area (Å²) < 4.78 is 1.69. The molecule has 0 spiro atoms. The Hall–Kier alpha value is -5.06. The van der Waals surface area contributed by atoms with Gasteiger partial charge in [0.1, 0.15) is 17.8 Å². The molecule has 282 valence electrons. The Morgan fingerprint density at radius 3 is 2.31 bits per heavy atom. The highest BCUT2D eigenvalue weighted by atomic mass is 35.5. The van der Waals surface area contributed by atoms with E-state index in [2.05, 4.69) is 31.2 Å². The van der Waals surface area contributed by atoms with Crippen LogP contribution < -0.4 is 26.2 Å². The molecule has 4 heterocycles. The summed E-state index contributed by atoms with van der Waals surface area (Å²) >= 11 is 12.4. The zero-order valence-electron chi connectivity index (χ0n) is 29.2. The number of aliphatic hydroxyl groups is 3. The standard InChI is InChI=1S/C37H40Cl2N10O5/c1-2-29(50)45-27-16-28(32(52)31(27)51)49-20-42-30-33(41-19-37(54,21-5-9-23(38)10-6-21)22-7-11-24(39)12-8-22)46-35(47-34(30)49)48-15-13-26(18-48)44-36(53)43-25-4-3-14-40-17-25/h3-12,14,17,20,26-28,31-32,51-52,54H,2,13,15-16,18-19H2,1H3,(H,45,50)(H,41,46,47)(H2,43,44,53)/t26-,27+,28-,31-,32+/m1/s1. The molecule has 17 heteroatoms. The van der Waals surface area contributed by atoms with E-state index in [1.165, 1.54) is 6.33 Å². The maximum Gasteiger partial charge on any atom is 0.319 e. The van der Waals surface area contributed by atoms with E-state index in [1.807, 2.05) is 4.90 Å². The van der Waals surface area contributed by atoms with Gasteiger partial charge in [0.05, 0.1) is 36.8 Å². The normalized spacial score (nSPS) is 21.3. The molecule has 1 saturated carbocycles. The molecule has 1 aliphatic carbocycles. The van der Waals surface area contributed by atoms with Crippen molar-refractivity contribution in [3.05, 3.63) is 101 Å². The van der Waals surface area contributed by atoms with Gasteiger partial charge >= 0.3 is 6.03 Å². The number of rotatable bonds is 11. The molecule has 0 radical (unpaired) electrons. The van der Waals surface area contributed by atoms with E-state index < -0.39 is 29.9 Å². The predicted molar refractivity (Wildman–Crippen MR) is 205 cm³/mol. The summed E-state index contributed by atoms with van der Waals surface area (Å²) in [7, 11) is 0. The van der Waals surface area contributed by atoms with Crippen LogP contribution in [0.25, 0.3) is 11.2 Å². The molecule has 5 aromatic rings. The number of carbonyl (C=O) groups is 2. The van der Waals surface area contributed by atoms with Gasteiger partial charge in [-0.25, -0.2) is 9.78 Å². The van der Waals surface area contributed by atoms with Gasteiger partial charge < -0.3 is 46.1 Å². The van der Waals surface area contributed by atoms with Crippen molar-refractivity contribution in [3.63, 3.8) is 0 Å². The van der Waals surface area contributed by atoms with Crippen LogP contribution in [0.2, 0.25) is 10.0 Å². The Balaban J connectivity index is 1.22. The molecule has 15 nitrogen and oxygen atoms in total. The quantitative estimate of drug-likeness (QED) is 0.103. The number of amides is 3. The average molecular weight is 776 g/mol. The number of nitrogens with one attached hydrogen (secondary N) is 4. The number of carbonyl (C=O) groups excluding carboxylic acids is 2. The van der Waals surface area contributed by atoms with Gasteiger partial charge in [0, 0.05) is 41.8 Å². The first-order valence-corrected chi connectivity index (χ1v) is 18.4. The smallest absolute Gasteiger partial charge is 0.319 e. The summed E-state index contributed by atoms with van der Waals surface area (Å²) in [6.07, 6.45) is 3.36. The SMILES string of the molecule is CCC(=O)N[C@H]1C[C@@H](n2cnc3c(NCC(O)(c4ccc(Cl)cc4)c4ccc(Cl)cc4)nc(N4CC[C@@H](NC(=O)Nc5cccnc5)C4)nc32)[C@H](O)[C@@H]1O. The first-order chi connectivity index (χ1) is 26.0. The largest absolute Gasteiger partial charge is 0.388 e. The molecule has 7 N–H and O–H groups in total. The lowest BCUT2D eigenvalue weighted by Gasteiger charge is -2.30. The third-order valence-corrected chi connectivity index (χ3v) is 10.5. The molecule has 3 aromatic heterocycles. The number of halogens is 2. The molecular weight excluding hydrogens is 735 g/mol. The monoisotopic (exact) mass is 774 g/mol. The van der Waals surface area contributed by atoms with Crippen LogP contribution in [0.4, 0.5) is 22.2 Å². The molecule has 54 heavy (non-hydrogen) atoms. The van der Waals surface area contributed by atoms with E-state index in [0.717, 1.165) is 0 Å². The highest BCUT2D eigenvalue weighted by Gasteiger charge is 2.44. The van der Waals surface area contributed by atoms with Crippen LogP contribution in [-0.4, -0.2) is 95.7 Å². The van der Waals surface area contributed by atoms with Crippen molar-refractivity contribution in [3.8, 4) is 0 Å². The molecule has 5 atom stereocenters. The number of nitrogens with zero attached hydrogens (tertiary/aromatic N) is 6. The fourth-order valence-corrected chi connectivity index (χ4v) is 7.28. The predicted octanol–water partition coefficient (Wildman–Crippen LogP) is 3.84. The minimum Gasteiger partial charge on any atom is -0.388 e. The fourth-order valence-electron chi connectivity index (χ4n) is 7.03. The Morgan fingerprint density at radius 1 is 0.963 bits per heavy atom. The van der Waals surface area contributed by atoms with E-state index in [4.69, 9.17) is 33.2 Å². The van der Waals surface area contributed by atoms with Gasteiger partial charge in [-0.1, -0.05) is 54.4 Å². The maximum atomic E-state index is 12.8. The molecule has 7 rings (SSSR count). The van der Waals surface area contributed by atoms with Crippen LogP contribution in [0.1, 0.15) is 43.4 Å². The maximum absolute atomic E-state index is 12.8. The van der Waals surface area contributed by atoms with Gasteiger partial charge in [-0.15, -0.1) is 0 Å². The van der Waals surface area contributed by atoms with Crippen LogP contribution >= 0.6 is 23.2 Å². The number of imidazole rings is 1. The second kappa shape index (κ2) is 15.7. The summed E-state index contributed by atoms with van der Waals surface area (Å²) in [6.45, 7) is 2.58. The molecule has 1 aliphatic heterocycles. The van der Waals surface area contributed by atoms with E-state index in [-0.39, 0.29) is 37.4 Å². The van der Waals surface area contributed by atoms with Gasteiger partial charge in [0.25, 0.3) is 0 Å². The third-order valence-electron chi connectivity index (χ3n) is 9.97. The number of hydrogen-bond donors (Lipinski definition) is 7. The van der Waals surface area contributed by atoms with Gasteiger partial charge in [0.2, 0.25) is 11.9 Å². The Morgan fingerprint density at radius 2 is 1.67 bits per heavy atom. The summed E-state index contributed by atoms with van der Waals surface area (Å²) in [6, 6.07) is 15.3. The van der Waals surface area contributed by atoms with Crippen molar-refractivity contribution < 1.29 is 24.9 Å². The number of urea groups is 1. The number of aliphatic hydroxyl groups excluding tert-OH is 2. The molecule has 1 saturated heterocycles. The first kappa shape index (κ1) is 37.3. The second-order valence-corrected chi connectivity index (χ2v) is 14.4. The molecule has 3 amide bonds. The van der Waals surface area contributed by atoms with Gasteiger partial charge in [0.15, 0.2) is 17.0 Å². The van der Waals surface area contributed by atoms with Crippen LogP contribution in [0.5, 0.6) is 0 Å². The zero-order chi connectivity index (χ0) is 38.0. The Labute approximate surface area is 320 Å². The molecule has 2 aliphatic rings. The first-order valence-electron chi connectivity index (χ1n) is 17.6. The lowest BCUT2D eigenvalue weighted by molar-refractivity contribution is -0.122. The zero-order valence-corrected chi connectivity index (χ0v) is 30.7. The molecular formula is C37H40Cl2N10O5. The van der Waals surface area contributed by atoms with Crippen molar-refractivity contribution in [2.75, 3.05) is 35.2 Å². The Kier molecular flexibility index (Phi) is 10.9. The molecule has 2 fully saturated rings. The minimum absolute atomic E-state index is 0.0523. The average Bonchev–Trinajstić information content (AvgIpc) is 3.89. The van der Waals surface area contributed by atoms with Crippen molar-refractivity contribution in [2.45, 2.75) is 62.1 Å². The summed E-state index contributed by atoms with van der Waals surface area (Å²) in [5, 5.41) is 47.4. The van der Waals surface area contributed by atoms with Gasteiger partial charge in [-0.2, -0.15) is 9.97 Å². The Bertz CT molecular complexity index is 2060. The molecule has 0 bridgehead atoms. The number of anilines is 3. The third kappa shape index (κ3) is 7.77. The van der Waals surface area contributed by atoms with Gasteiger partial charge in [-0.05, 0) is 60.4 Å². The fraction of sp³-hybridized carbons (Fsp3) is 0.351. The number of benzene rings is 2. The van der Waals surface area contributed by atoms with E-state index in [0.29, 0.717) is 69.3 Å². The minimum atomic E-state index is -1.57. The molecule has 0 unspecified atom stereocenters. The van der Waals surface area contributed by atoms with E-state index >= 15 is 0 Å². The lowest BCUT2D eigenvalue weighted by Crippen LogP contribution is -2.42. The topological polar surface area (TPSA) is 203 Å². The number of hydrogen-bond acceptors (Lipinski definition) is 11.